The molecule has 154 valence electrons. The van der Waals surface area contributed by atoms with Crippen molar-refractivity contribution in [3.63, 3.8) is 0 Å². The molecule has 4 rings (SSSR count). The summed E-state index contributed by atoms with van der Waals surface area (Å²) < 4.78 is 0. The lowest BCUT2D eigenvalue weighted by molar-refractivity contribution is -0.131. The first-order chi connectivity index (χ1) is 14.6. The molecule has 0 aliphatic carbocycles. The summed E-state index contributed by atoms with van der Waals surface area (Å²) in [6.07, 6.45) is 0.511. The van der Waals surface area contributed by atoms with Gasteiger partial charge in [-0.15, -0.1) is 0 Å². The van der Waals surface area contributed by atoms with Crippen LogP contribution in [-0.2, 0) is 4.79 Å². The first kappa shape index (κ1) is 20.2. The fraction of sp³-hybridized carbons (Fsp3) is 0.296. The van der Waals surface area contributed by atoms with Gasteiger partial charge in [0.1, 0.15) is 0 Å². The van der Waals surface area contributed by atoms with E-state index < -0.39 is 0 Å². The standard InChI is InChI=1S/C27H30N2O/c1-21-17-22(2)19-25(18-21)28-13-15-29(16-14-28)27(30)20-26(23-9-5-3-6-10-23)24-11-7-4-8-12-24/h3-12,17-19,26H,13-16,20H2,1-2H3. The van der Waals surface area contributed by atoms with Crippen LogP contribution in [0.15, 0.2) is 78.9 Å². The van der Waals surface area contributed by atoms with Crippen LogP contribution in [0.2, 0.25) is 0 Å². The Kier molecular flexibility index (Phi) is 6.18. The summed E-state index contributed by atoms with van der Waals surface area (Å²) in [4.78, 5) is 17.7. The van der Waals surface area contributed by atoms with Crippen LogP contribution in [0.25, 0.3) is 0 Å². The fourth-order valence-corrected chi connectivity index (χ4v) is 4.45. The molecule has 0 spiro atoms. The Bertz CT molecular complexity index is 917. The Morgan fingerprint density at radius 3 is 1.77 bits per heavy atom. The van der Waals surface area contributed by atoms with Crippen LogP contribution in [0.1, 0.15) is 34.6 Å². The fourth-order valence-electron chi connectivity index (χ4n) is 4.45. The van der Waals surface area contributed by atoms with Gasteiger partial charge in [-0.25, -0.2) is 0 Å². The predicted molar refractivity (Wildman–Crippen MR) is 124 cm³/mol. The number of hydrogen-bond donors (Lipinski definition) is 0. The van der Waals surface area contributed by atoms with E-state index in [0.29, 0.717) is 6.42 Å². The van der Waals surface area contributed by atoms with Crippen LogP contribution in [0.4, 0.5) is 5.69 Å². The number of anilines is 1. The number of benzene rings is 3. The van der Waals surface area contributed by atoms with Gasteiger partial charge in [-0.2, -0.15) is 0 Å². The zero-order chi connectivity index (χ0) is 20.9. The third-order valence-corrected chi connectivity index (χ3v) is 5.99. The minimum atomic E-state index is 0.0948. The topological polar surface area (TPSA) is 23.6 Å². The molecule has 0 unspecified atom stereocenters. The van der Waals surface area contributed by atoms with E-state index in [2.05, 4.69) is 85.5 Å². The SMILES string of the molecule is Cc1cc(C)cc(N2CCN(C(=O)CC(c3ccccc3)c3ccccc3)CC2)c1. The lowest BCUT2D eigenvalue weighted by atomic mass is 9.88. The third kappa shape index (κ3) is 4.73. The van der Waals surface area contributed by atoms with Gasteiger partial charge in [0, 0.05) is 44.2 Å². The van der Waals surface area contributed by atoms with Gasteiger partial charge in [0.2, 0.25) is 5.91 Å². The number of amides is 1. The average Bonchev–Trinajstić information content (AvgIpc) is 2.78. The number of carbonyl (C=O) groups excluding carboxylic acids is 1. The molecule has 0 N–H and O–H groups in total. The molecule has 3 aromatic rings. The van der Waals surface area contributed by atoms with Crippen LogP contribution >= 0.6 is 0 Å². The van der Waals surface area contributed by atoms with E-state index in [-0.39, 0.29) is 11.8 Å². The van der Waals surface area contributed by atoms with E-state index in [4.69, 9.17) is 0 Å². The van der Waals surface area contributed by atoms with Gasteiger partial charge in [-0.1, -0.05) is 66.7 Å². The first-order valence-electron chi connectivity index (χ1n) is 10.8. The first-order valence-corrected chi connectivity index (χ1v) is 10.8. The summed E-state index contributed by atoms with van der Waals surface area (Å²) in [5.41, 5.74) is 6.25. The molecule has 30 heavy (non-hydrogen) atoms. The number of piperazine rings is 1. The quantitative estimate of drug-likeness (QED) is 0.592. The van der Waals surface area contributed by atoms with Crippen molar-refractivity contribution in [2.75, 3.05) is 31.1 Å². The minimum absolute atomic E-state index is 0.0948. The molecular weight excluding hydrogens is 368 g/mol. The van der Waals surface area contributed by atoms with Crippen molar-refractivity contribution in [2.24, 2.45) is 0 Å². The summed E-state index contributed by atoms with van der Waals surface area (Å²) in [7, 11) is 0. The largest absolute Gasteiger partial charge is 0.368 e. The van der Waals surface area contributed by atoms with Crippen molar-refractivity contribution in [2.45, 2.75) is 26.2 Å². The summed E-state index contributed by atoms with van der Waals surface area (Å²) >= 11 is 0. The van der Waals surface area contributed by atoms with Crippen LogP contribution in [0.5, 0.6) is 0 Å². The molecular formula is C27H30N2O. The van der Waals surface area contributed by atoms with E-state index in [1.54, 1.807) is 0 Å². The maximum atomic E-state index is 13.2. The highest BCUT2D eigenvalue weighted by Crippen LogP contribution is 2.29. The normalized spacial score (nSPS) is 14.2. The van der Waals surface area contributed by atoms with Gasteiger partial charge in [-0.05, 0) is 48.2 Å². The minimum Gasteiger partial charge on any atom is -0.368 e. The number of nitrogens with zero attached hydrogens (tertiary/aromatic N) is 2. The second kappa shape index (κ2) is 9.17. The predicted octanol–water partition coefficient (Wildman–Crippen LogP) is 5.17. The highest BCUT2D eigenvalue weighted by Gasteiger charge is 2.25. The molecule has 0 atom stereocenters. The summed E-state index contributed by atoms with van der Waals surface area (Å²) in [6, 6.07) is 27.5. The summed E-state index contributed by atoms with van der Waals surface area (Å²) in [5.74, 6) is 0.338. The van der Waals surface area contributed by atoms with Crippen molar-refractivity contribution in [3.05, 3.63) is 101 Å². The molecule has 1 saturated heterocycles. The van der Waals surface area contributed by atoms with Crippen LogP contribution in [0, 0.1) is 13.8 Å². The highest BCUT2D eigenvalue weighted by atomic mass is 16.2. The molecule has 0 saturated carbocycles. The molecule has 3 heteroatoms. The third-order valence-electron chi connectivity index (χ3n) is 5.99. The molecule has 1 amide bonds. The number of rotatable bonds is 5. The van der Waals surface area contributed by atoms with Crippen LogP contribution in [0.3, 0.4) is 0 Å². The van der Waals surface area contributed by atoms with Gasteiger partial charge >= 0.3 is 0 Å². The molecule has 0 radical (unpaired) electrons. The zero-order valence-corrected chi connectivity index (χ0v) is 17.9. The Hall–Kier alpha value is -3.07. The van der Waals surface area contributed by atoms with Crippen molar-refractivity contribution in [3.8, 4) is 0 Å². The second-order valence-corrected chi connectivity index (χ2v) is 8.29. The number of hydrogen-bond acceptors (Lipinski definition) is 2. The Morgan fingerprint density at radius 1 is 0.767 bits per heavy atom. The van der Waals surface area contributed by atoms with Gasteiger partial charge in [0.25, 0.3) is 0 Å². The highest BCUT2D eigenvalue weighted by molar-refractivity contribution is 5.78. The molecule has 3 aromatic carbocycles. The molecule has 1 fully saturated rings. The van der Waals surface area contributed by atoms with Crippen LogP contribution in [-0.4, -0.2) is 37.0 Å². The monoisotopic (exact) mass is 398 g/mol. The lowest BCUT2D eigenvalue weighted by Gasteiger charge is -2.37. The Morgan fingerprint density at radius 2 is 1.27 bits per heavy atom. The van der Waals surface area contributed by atoms with Crippen molar-refractivity contribution in [1.29, 1.82) is 0 Å². The van der Waals surface area contributed by atoms with E-state index in [1.807, 2.05) is 17.0 Å². The maximum absolute atomic E-state index is 13.2. The molecule has 3 nitrogen and oxygen atoms in total. The van der Waals surface area contributed by atoms with Gasteiger partial charge in [0.15, 0.2) is 0 Å². The Labute approximate surface area is 180 Å². The molecule has 1 aliphatic heterocycles. The lowest BCUT2D eigenvalue weighted by Crippen LogP contribution is -2.49. The Balaban J connectivity index is 1.44. The smallest absolute Gasteiger partial charge is 0.223 e. The van der Waals surface area contributed by atoms with Gasteiger partial charge in [-0.3, -0.25) is 4.79 Å². The summed E-state index contributed by atoms with van der Waals surface area (Å²) in [6.45, 7) is 7.61. The van der Waals surface area contributed by atoms with Gasteiger partial charge in [0.05, 0.1) is 0 Å². The average molecular weight is 399 g/mol. The summed E-state index contributed by atoms with van der Waals surface area (Å²) in [5, 5.41) is 0. The van der Waals surface area contributed by atoms with E-state index in [0.717, 1.165) is 26.2 Å². The maximum Gasteiger partial charge on any atom is 0.223 e. The van der Waals surface area contributed by atoms with E-state index >= 15 is 0 Å². The van der Waals surface area contributed by atoms with Gasteiger partial charge < -0.3 is 9.80 Å². The molecule has 1 heterocycles. The second-order valence-electron chi connectivity index (χ2n) is 8.29. The van der Waals surface area contributed by atoms with Crippen molar-refractivity contribution in [1.82, 2.24) is 4.90 Å². The zero-order valence-electron chi connectivity index (χ0n) is 17.9. The van der Waals surface area contributed by atoms with Crippen molar-refractivity contribution < 1.29 is 4.79 Å². The van der Waals surface area contributed by atoms with E-state index in [1.165, 1.54) is 27.9 Å². The molecule has 0 bridgehead atoms. The number of aryl methyl sites for hydroxylation is 2. The van der Waals surface area contributed by atoms with Crippen molar-refractivity contribution >= 4 is 11.6 Å². The molecule has 0 aromatic heterocycles. The molecule has 1 aliphatic rings. The van der Waals surface area contributed by atoms with E-state index in [9.17, 15) is 4.79 Å². The van der Waals surface area contributed by atoms with Crippen LogP contribution < -0.4 is 4.90 Å². The number of carbonyl (C=O) groups is 1.